The summed E-state index contributed by atoms with van der Waals surface area (Å²) in [5.41, 5.74) is 10.2. The van der Waals surface area contributed by atoms with Crippen molar-refractivity contribution in [2.45, 2.75) is 45.2 Å². The van der Waals surface area contributed by atoms with Crippen LogP contribution < -0.4 is 5.73 Å². The Kier molecular flexibility index (Phi) is 2.83. The minimum atomic E-state index is 0.236. The van der Waals surface area contributed by atoms with Crippen LogP contribution in [0.2, 0.25) is 0 Å². The molecule has 2 heteroatoms. The van der Waals surface area contributed by atoms with Crippen molar-refractivity contribution in [3.8, 4) is 12.3 Å². The summed E-state index contributed by atoms with van der Waals surface area (Å²) in [6, 6.07) is 2.47. The summed E-state index contributed by atoms with van der Waals surface area (Å²) in [6.45, 7) is 3.08. The fourth-order valence-corrected chi connectivity index (χ4v) is 2.49. The summed E-state index contributed by atoms with van der Waals surface area (Å²) >= 11 is 0. The van der Waals surface area contributed by atoms with Crippen LogP contribution in [-0.4, -0.2) is 4.57 Å². The average molecular weight is 202 g/mol. The molecule has 1 unspecified atom stereocenters. The Morgan fingerprint density at radius 2 is 2.47 bits per heavy atom. The van der Waals surface area contributed by atoms with Crippen LogP contribution >= 0.6 is 0 Å². The van der Waals surface area contributed by atoms with Crippen LogP contribution in [-0.2, 0) is 13.0 Å². The van der Waals surface area contributed by atoms with Crippen molar-refractivity contribution < 1.29 is 0 Å². The maximum Gasteiger partial charge on any atom is 0.0334 e. The zero-order chi connectivity index (χ0) is 10.8. The molecular weight excluding hydrogens is 184 g/mol. The summed E-state index contributed by atoms with van der Waals surface area (Å²) in [5.74, 6) is 2.70. The molecule has 0 bridgehead atoms. The third-order valence-corrected chi connectivity index (χ3v) is 3.26. The number of aromatic nitrogens is 1. The van der Waals surface area contributed by atoms with E-state index < -0.39 is 0 Å². The van der Waals surface area contributed by atoms with Crippen molar-refractivity contribution >= 4 is 0 Å². The molecule has 80 valence electrons. The van der Waals surface area contributed by atoms with Crippen LogP contribution in [0.15, 0.2) is 6.07 Å². The molecule has 15 heavy (non-hydrogen) atoms. The number of nitrogens with two attached hydrogens (primary N) is 1. The van der Waals surface area contributed by atoms with E-state index >= 15 is 0 Å². The molecule has 0 saturated heterocycles. The summed E-state index contributed by atoms with van der Waals surface area (Å²) in [7, 11) is 0. The number of aryl methyl sites for hydroxylation is 1. The third kappa shape index (κ3) is 1.80. The molecule has 0 amide bonds. The summed E-state index contributed by atoms with van der Waals surface area (Å²) in [6.07, 6.45) is 9.59. The van der Waals surface area contributed by atoms with Crippen LogP contribution in [0.1, 0.15) is 42.3 Å². The first-order valence-corrected chi connectivity index (χ1v) is 5.62. The van der Waals surface area contributed by atoms with Crippen LogP contribution in [0, 0.1) is 19.3 Å². The highest BCUT2D eigenvalue weighted by molar-refractivity contribution is 5.32. The second-order valence-electron chi connectivity index (χ2n) is 4.29. The van der Waals surface area contributed by atoms with E-state index in [1.165, 1.54) is 23.4 Å². The molecule has 1 atom stereocenters. The molecule has 2 nitrogen and oxygen atoms in total. The van der Waals surface area contributed by atoms with E-state index in [1.54, 1.807) is 0 Å². The van der Waals surface area contributed by atoms with Crippen molar-refractivity contribution in [3.63, 3.8) is 0 Å². The molecule has 0 radical (unpaired) electrons. The molecule has 2 rings (SSSR count). The Balaban J connectivity index is 2.34. The Morgan fingerprint density at radius 3 is 3.20 bits per heavy atom. The third-order valence-electron chi connectivity index (χ3n) is 3.26. The van der Waals surface area contributed by atoms with E-state index in [4.69, 9.17) is 12.2 Å². The second-order valence-corrected chi connectivity index (χ2v) is 4.29. The van der Waals surface area contributed by atoms with Gasteiger partial charge in [-0.1, -0.05) is 0 Å². The first-order valence-electron chi connectivity index (χ1n) is 5.62. The highest BCUT2D eigenvalue weighted by Crippen LogP contribution is 2.30. The van der Waals surface area contributed by atoms with Crippen molar-refractivity contribution in [1.29, 1.82) is 0 Å². The van der Waals surface area contributed by atoms with Crippen molar-refractivity contribution in [3.05, 3.63) is 23.0 Å². The smallest absolute Gasteiger partial charge is 0.0334 e. The van der Waals surface area contributed by atoms with E-state index in [0.717, 1.165) is 25.8 Å². The summed E-state index contributed by atoms with van der Waals surface area (Å²) in [4.78, 5) is 0. The standard InChI is InChI=1S/C13H18N2/c1-3-4-8-15-10(2)9-11-12(14)6-5-7-13(11)15/h1,9,12H,4-8,14H2,2H3. The summed E-state index contributed by atoms with van der Waals surface area (Å²) < 4.78 is 2.34. The van der Waals surface area contributed by atoms with E-state index in [9.17, 15) is 0 Å². The maximum atomic E-state index is 6.10. The predicted octanol–water partition coefficient (Wildman–Crippen LogP) is 2.16. The Bertz CT molecular complexity index is 395. The van der Waals surface area contributed by atoms with Gasteiger partial charge in [-0.05, 0) is 37.8 Å². The van der Waals surface area contributed by atoms with Gasteiger partial charge in [0.2, 0.25) is 0 Å². The second kappa shape index (κ2) is 4.12. The molecule has 0 spiro atoms. The fraction of sp³-hybridized carbons (Fsp3) is 0.538. The minimum absolute atomic E-state index is 0.236. The molecule has 0 aliphatic heterocycles. The van der Waals surface area contributed by atoms with Gasteiger partial charge in [-0.2, -0.15) is 0 Å². The van der Waals surface area contributed by atoms with Crippen LogP contribution in [0.3, 0.4) is 0 Å². The minimum Gasteiger partial charge on any atom is -0.348 e. The van der Waals surface area contributed by atoms with E-state index in [0.29, 0.717) is 0 Å². The van der Waals surface area contributed by atoms with Gasteiger partial charge in [0.15, 0.2) is 0 Å². The van der Waals surface area contributed by atoms with E-state index in [1.807, 2.05) is 0 Å². The zero-order valence-corrected chi connectivity index (χ0v) is 9.29. The maximum absolute atomic E-state index is 6.10. The van der Waals surface area contributed by atoms with Gasteiger partial charge < -0.3 is 10.3 Å². The van der Waals surface area contributed by atoms with Crippen molar-refractivity contribution in [2.75, 3.05) is 0 Å². The molecule has 1 heterocycles. The molecule has 0 fully saturated rings. The quantitative estimate of drug-likeness (QED) is 0.732. The molecule has 1 aromatic rings. The molecule has 1 aliphatic carbocycles. The molecule has 0 saturated carbocycles. The Morgan fingerprint density at radius 1 is 1.67 bits per heavy atom. The number of terminal acetylenes is 1. The van der Waals surface area contributed by atoms with Gasteiger partial charge in [-0.25, -0.2) is 0 Å². The van der Waals surface area contributed by atoms with Gasteiger partial charge in [0.25, 0.3) is 0 Å². The zero-order valence-electron chi connectivity index (χ0n) is 9.29. The van der Waals surface area contributed by atoms with Crippen LogP contribution in [0.4, 0.5) is 0 Å². The van der Waals surface area contributed by atoms with Gasteiger partial charge in [-0.15, -0.1) is 12.3 Å². The van der Waals surface area contributed by atoms with E-state index in [-0.39, 0.29) is 6.04 Å². The van der Waals surface area contributed by atoms with Crippen LogP contribution in [0.5, 0.6) is 0 Å². The van der Waals surface area contributed by atoms with Gasteiger partial charge in [0.05, 0.1) is 0 Å². The number of hydrogen-bond acceptors (Lipinski definition) is 1. The fourth-order valence-electron chi connectivity index (χ4n) is 2.49. The van der Waals surface area contributed by atoms with E-state index in [2.05, 4.69) is 23.5 Å². The molecule has 1 aromatic heterocycles. The van der Waals surface area contributed by atoms with Crippen molar-refractivity contribution in [2.24, 2.45) is 5.73 Å². The Hall–Kier alpha value is -1.20. The first kappa shape index (κ1) is 10.3. The van der Waals surface area contributed by atoms with Crippen molar-refractivity contribution in [1.82, 2.24) is 4.57 Å². The highest BCUT2D eigenvalue weighted by Gasteiger charge is 2.21. The first-order chi connectivity index (χ1) is 7.24. The van der Waals surface area contributed by atoms with Gasteiger partial charge in [0, 0.05) is 30.4 Å². The van der Waals surface area contributed by atoms with Gasteiger partial charge in [-0.3, -0.25) is 0 Å². The monoisotopic (exact) mass is 202 g/mol. The summed E-state index contributed by atoms with van der Waals surface area (Å²) in [5, 5.41) is 0. The molecule has 0 aromatic carbocycles. The highest BCUT2D eigenvalue weighted by atomic mass is 15.0. The average Bonchev–Trinajstić information content (AvgIpc) is 2.54. The predicted molar refractivity (Wildman–Crippen MR) is 62.5 cm³/mol. The number of rotatable bonds is 2. The van der Waals surface area contributed by atoms with Gasteiger partial charge in [0.1, 0.15) is 0 Å². The lowest BCUT2D eigenvalue weighted by Gasteiger charge is -2.20. The van der Waals surface area contributed by atoms with Gasteiger partial charge >= 0.3 is 0 Å². The molecule has 2 N–H and O–H groups in total. The normalized spacial score (nSPS) is 19.7. The molecular formula is C13H18N2. The number of fused-ring (bicyclic) bond motifs is 1. The number of hydrogen-bond donors (Lipinski definition) is 1. The lowest BCUT2D eigenvalue weighted by molar-refractivity contribution is 0.539. The SMILES string of the molecule is C#CCCn1c(C)cc2c1CCCC2N. The Labute approximate surface area is 91.5 Å². The largest absolute Gasteiger partial charge is 0.348 e. The topological polar surface area (TPSA) is 30.9 Å². The molecule has 1 aliphatic rings. The van der Waals surface area contributed by atoms with Crippen LogP contribution in [0.25, 0.3) is 0 Å². The lowest BCUT2D eigenvalue weighted by atomic mass is 9.93. The number of nitrogens with zero attached hydrogens (tertiary/aromatic N) is 1. The lowest BCUT2D eigenvalue weighted by Crippen LogP contribution is -2.18.